The van der Waals surface area contributed by atoms with Crippen LogP contribution in [0, 0.1) is 11.8 Å². The van der Waals surface area contributed by atoms with Gasteiger partial charge in [-0.3, -0.25) is 0 Å². The van der Waals surface area contributed by atoms with E-state index >= 15 is 0 Å². The molecule has 0 N–H and O–H groups in total. The second-order valence-electron chi connectivity index (χ2n) is 7.29. The highest BCUT2D eigenvalue weighted by atomic mass is 31.2. The smallest absolute Gasteiger partial charge is 0.191 e. The Hall–Kier alpha value is -1.91. The number of rotatable bonds is 8. The van der Waals surface area contributed by atoms with Gasteiger partial charge in [0.1, 0.15) is 11.8 Å². The van der Waals surface area contributed by atoms with Gasteiger partial charge in [0.15, 0.2) is 6.29 Å². The summed E-state index contributed by atoms with van der Waals surface area (Å²) in [4.78, 5) is 0. The molecule has 3 rings (SSSR count). The van der Waals surface area contributed by atoms with Crippen molar-refractivity contribution in [2.24, 2.45) is 0 Å². The van der Waals surface area contributed by atoms with Crippen LogP contribution in [0.25, 0.3) is 0 Å². The van der Waals surface area contributed by atoms with E-state index in [1.165, 1.54) is 5.31 Å². The van der Waals surface area contributed by atoms with Crippen molar-refractivity contribution in [1.29, 1.82) is 0 Å². The van der Waals surface area contributed by atoms with Crippen molar-refractivity contribution >= 4 is 7.26 Å². The number of hydrogen-bond acceptors (Lipinski definition) is 2. The van der Waals surface area contributed by atoms with E-state index in [4.69, 9.17) is 9.47 Å². The third-order valence-corrected chi connectivity index (χ3v) is 10.6. The van der Waals surface area contributed by atoms with Gasteiger partial charge in [-0.05, 0) is 50.1 Å². The zero-order valence-corrected chi connectivity index (χ0v) is 18.5. The maximum atomic E-state index is 6.03. The van der Waals surface area contributed by atoms with Crippen molar-refractivity contribution in [3.63, 3.8) is 0 Å². The molecule has 0 saturated carbocycles. The Labute approximate surface area is 176 Å². The van der Waals surface area contributed by atoms with Gasteiger partial charge in [-0.25, -0.2) is 0 Å². The molecule has 2 nitrogen and oxygen atoms in total. The van der Waals surface area contributed by atoms with Crippen LogP contribution in [-0.2, 0) is 9.47 Å². The van der Waals surface area contributed by atoms with E-state index in [1.54, 1.807) is 12.4 Å². The summed E-state index contributed by atoms with van der Waals surface area (Å²) < 4.78 is 11.9. The number of allylic oxidation sites excluding steroid dienone is 14. The number of methoxy groups -OCH3 is 1. The minimum absolute atomic E-state index is 0.215. The summed E-state index contributed by atoms with van der Waals surface area (Å²) in [5, 5.41) is 3.01. The van der Waals surface area contributed by atoms with E-state index in [0.717, 1.165) is 31.8 Å². The molecule has 0 aromatic carbocycles. The van der Waals surface area contributed by atoms with Crippen molar-refractivity contribution < 1.29 is 9.47 Å². The lowest BCUT2D eigenvalue weighted by atomic mass is 10.2. The molecule has 3 aliphatic rings. The lowest BCUT2D eigenvalue weighted by molar-refractivity contribution is -0.104. The first-order chi connectivity index (χ1) is 14.3. The molecule has 29 heavy (non-hydrogen) atoms. The lowest BCUT2D eigenvalue weighted by Gasteiger charge is -2.37. The highest BCUT2D eigenvalue weighted by Crippen LogP contribution is 2.78. The van der Waals surface area contributed by atoms with Crippen molar-refractivity contribution in [3.05, 3.63) is 83.5 Å². The first kappa shape index (κ1) is 21.8. The molecule has 0 aliphatic heterocycles. The topological polar surface area (TPSA) is 18.5 Å². The fourth-order valence-corrected chi connectivity index (χ4v) is 9.26. The van der Waals surface area contributed by atoms with Crippen LogP contribution < -0.4 is 0 Å². The van der Waals surface area contributed by atoms with E-state index in [2.05, 4.69) is 78.7 Å². The molecule has 3 atom stereocenters. The van der Waals surface area contributed by atoms with Gasteiger partial charge in [0, 0.05) is 20.1 Å². The quantitative estimate of drug-likeness (QED) is 0.259. The monoisotopic (exact) mass is 407 g/mol. The zero-order valence-electron chi connectivity index (χ0n) is 17.6. The Morgan fingerprint density at radius 1 is 1.17 bits per heavy atom. The minimum Gasteiger partial charge on any atom is -0.352 e. The third kappa shape index (κ3) is 5.37. The minimum atomic E-state index is -1.83. The largest absolute Gasteiger partial charge is 0.352 e. The summed E-state index contributed by atoms with van der Waals surface area (Å²) in [5.74, 6) is 6.60. The summed E-state index contributed by atoms with van der Waals surface area (Å²) in [7, 11) is -0.0652. The van der Waals surface area contributed by atoms with Gasteiger partial charge in [0.05, 0.1) is 24.3 Å². The Morgan fingerprint density at radius 3 is 2.90 bits per heavy atom. The molecule has 0 radical (unpaired) electrons. The molecule has 152 valence electrons. The average molecular weight is 408 g/mol. The first-order valence-corrected chi connectivity index (χ1v) is 12.6. The maximum absolute atomic E-state index is 6.03. The second-order valence-corrected chi connectivity index (χ2v) is 11.1. The molecule has 3 unspecified atom stereocenters. The van der Waals surface area contributed by atoms with Crippen LogP contribution in [0.1, 0.15) is 32.6 Å². The molecule has 0 spiro atoms. The molecule has 3 aliphatic carbocycles. The van der Waals surface area contributed by atoms with Gasteiger partial charge in [0.2, 0.25) is 0 Å². The van der Waals surface area contributed by atoms with Gasteiger partial charge >= 0.3 is 0 Å². The van der Waals surface area contributed by atoms with Crippen molar-refractivity contribution in [3.8, 4) is 11.8 Å². The number of hydrogen-bond donors (Lipinski definition) is 0. The molecule has 0 fully saturated rings. The predicted molar refractivity (Wildman–Crippen MR) is 126 cm³/mol. The van der Waals surface area contributed by atoms with Crippen LogP contribution >= 0.6 is 7.26 Å². The Balaban J connectivity index is 2.17. The highest BCUT2D eigenvalue weighted by molar-refractivity contribution is 7.84. The molecule has 0 amide bonds. The van der Waals surface area contributed by atoms with E-state index < -0.39 is 7.26 Å². The fraction of sp³-hybridized carbons (Fsp3) is 0.385. The molecule has 0 aromatic heterocycles. The molecule has 0 heterocycles. The number of ether oxygens (including phenoxy) is 2. The summed E-state index contributed by atoms with van der Waals surface area (Å²) in [5.41, 5.74) is 0.352. The van der Waals surface area contributed by atoms with E-state index in [-0.39, 0.29) is 6.29 Å². The van der Waals surface area contributed by atoms with Crippen molar-refractivity contribution in [2.75, 3.05) is 19.9 Å². The van der Waals surface area contributed by atoms with Gasteiger partial charge in [-0.15, -0.1) is 0 Å². The SMILES string of the molecule is CCOC(C[P+](C1=CCC=CC=C1)(C1=CC=CCC1)C1/C=C/C=C\C#CC1)OC. The maximum Gasteiger partial charge on any atom is 0.191 e. The molecular weight excluding hydrogens is 375 g/mol. The van der Waals surface area contributed by atoms with Gasteiger partial charge in [-0.1, -0.05) is 54.4 Å². The Bertz CT molecular complexity index is 829. The molecule has 0 saturated heterocycles. The van der Waals surface area contributed by atoms with Gasteiger partial charge in [-0.2, -0.15) is 0 Å². The lowest BCUT2D eigenvalue weighted by Crippen LogP contribution is -2.28. The Morgan fingerprint density at radius 2 is 2.10 bits per heavy atom. The summed E-state index contributed by atoms with van der Waals surface area (Å²) in [6.45, 7) is 2.69. The second kappa shape index (κ2) is 11.3. The van der Waals surface area contributed by atoms with Crippen LogP contribution in [0.4, 0.5) is 0 Å². The third-order valence-electron chi connectivity index (χ3n) is 5.60. The normalized spacial score (nSPS) is 25.9. The van der Waals surface area contributed by atoms with Crippen molar-refractivity contribution in [1.82, 2.24) is 0 Å². The van der Waals surface area contributed by atoms with Gasteiger partial charge in [0.25, 0.3) is 0 Å². The molecule has 0 bridgehead atoms. The van der Waals surface area contributed by atoms with E-state index in [9.17, 15) is 0 Å². The summed E-state index contributed by atoms with van der Waals surface area (Å²) in [6.07, 6.45) is 31.4. The summed E-state index contributed by atoms with van der Waals surface area (Å²) in [6, 6.07) is 0. The van der Waals surface area contributed by atoms with E-state index in [0.29, 0.717) is 12.3 Å². The Kier molecular flexibility index (Phi) is 8.51. The van der Waals surface area contributed by atoms with Crippen LogP contribution in [0.2, 0.25) is 0 Å². The van der Waals surface area contributed by atoms with Crippen LogP contribution in [-0.4, -0.2) is 31.8 Å². The average Bonchev–Trinajstić information content (AvgIpc) is 3.02. The molecular formula is C26H32O2P+. The van der Waals surface area contributed by atoms with Crippen LogP contribution in [0.15, 0.2) is 83.5 Å². The predicted octanol–water partition coefficient (Wildman–Crippen LogP) is 6.54. The standard InChI is InChI=1S/C26H32O2P/c1-3-28-26(27-2)22-29(25-20-14-9-15-21-25,24-18-12-7-8-13-19-24)23-16-10-5-4-6-11-17-23/h4-5,7-10,12,14,16,18-20,23,26H,3,13,15,17,21-22H2,1-2H3/q+1/b5-4-,16-10+. The van der Waals surface area contributed by atoms with Crippen LogP contribution in [0.5, 0.6) is 0 Å². The fourth-order valence-electron chi connectivity index (χ4n) is 4.22. The van der Waals surface area contributed by atoms with E-state index in [1.807, 2.05) is 13.0 Å². The molecule has 3 heteroatoms. The highest BCUT2D eigenvalue weighted by Gasteiger charge is 2.52. The first-order valence-electron chi connectivity index (χ1n) is 10.6. The summed E-state index contributed by atoms with van der Waals surface area (Å²) >= 11 is 0. The molecule has 0 aromatic rings. The van der Waals surface area contributed by atoms with Crippen molar-refractivity contribution in [2.45, 2.75) is 44.6 Å². The zero-order chi connectivity index (χ0) is 20.4. The van der Waals surface area contributed by atoms with Crippen LogP contribution in [0.3, 0.4) is 0 Å². The van der Waals surface area contributed by atoms with Gasteiger partial charge < -0.3 is 9.47 Å².